The fourth-order valence-electron chi connectivity index (χ4n) is 1.87. The smallest absolute Gasteiger partial charge is 0.324 e. The summed E-state index contributed by atoms with van der Waals surface area (Å²) in [5.41, 5.74) is 0.816. The van der Waals surface area contributed by atoms with Crippen molar-refractivity contribution in [3.63, 3.8) is 0 Å². The van der Waals surface area contributed by atoms with Crippen molar-refractivity contribution in [2.75, 3.05) is 11.6 Å². The Balaban J connectivity index is 1.61. The van der Waals surface area contributed by atoms with Crippen molar-refractivity contribution in [1.82, 2.24) is 15.5 Å². The molecule has 2 heterocycles. The molecule has 0 unspecified atom stereocenters. The number of nitrogens with zero attached hydrogens (tertiary/aromatic N) is 2. The molecule has 3 rings (SSSR count). The van der Waals surface area contributed by atoms with Gasteiger partial charge in [0.15, 0.2) is 0 Å². The maximum Gasteiger partial charge on any atom is 0.324 e. The minimum atomic E-state index is -0.383. The molecule has 0 aliphatic rings. The minimum Gasteiger partial charge on any atom is -0.403 e. The average Bonchev–Trinajstić information content (AvgIpc) is 3.25. The Morgan fingerprint density at radius 1 is 1.30 bits per heavy atom. The molecular formula is C15H14N4O2S2. The largest absolute Gasteiger partial charge is 0.403 e. The van der Waals surface area contributed by atoms with Crippen LogP contribution in [0, 0.1) is 0 Å². The van der Waals surface area contributed by atoms with E-state index in [1.54, 1.807) is 23.1 Å². The quantitative estimate of drug-likeness (QED) is 0.686. The van der Waals surface area contributed by atoms with Gasteiger partial charge in [-0.15, -0.1) is 28.2 Å². The van der Waals surface area contributed by atoms with Crippen molar-refractivity contribution in [3.8, 4) is 11.5 Å². The van der Waals surface area contributed by atoms with Gasteiger partial charge in [-0.05, 0) is 35.9 Å². The van der Waals surface area contributed by atoms with E-state index >= 15 is 0 Å². The molecule has 0 bridgehead atoms. The van der Waals surface area contributed by atoms with Gasteiger partial charge in [-0.3, -0.25) is 5.32 Å². The molecule has 2 amide bonds. The molecule has 8 heteroatoms. The van der Waals surface area contributed by atoms with E-state index in [0.29, 0.717) is 12.4 Å². The van der Waals surface area contributed by atoms with Gasteiger partial charge >= 0.3 is 12.0 Å². The van der Waals surface area contributed by atoms with Crippen molar-refractivity contribution in [1.29, 1.82) is 0 Å². The second-order valence-corrected chi connectivity index (χ2v) is 6.44. The van der Waals surface area contributed by atoms with Crippen LogP contribution in [0.4, 0.5) is 10.8 Å². The molecule has 118 valence electrons. The number of urea groups is 1. The number of carbonyl (C=O) groups is 1. The summed E-state index contributed by atoms with van der Waals surface area (Å²) in [5, 5.41) is 15.0. The zero-order valence-electron chi connectivity index (χ0n) is 12.3. The molecule has 23 heavy (non-hydrogen) atoms. The van der Waals surface area contributed by atoms with Gasteiger partial charge in [-0.2, -0.15) is 0 Å². The highest BCUT2D eigenvalue weighted by atomic mass is 32.2. The van der Waals surface area contributed by atoms with Gasteiger partial charge in [0.1, 0.15) is 0 Å². The number of thiophene rings is 1. The van der Waals surface area contributed by atoms with Crippen LogP contribution >= 0.6 is 23.1 Å². The van der Waals surface area contributed by atoms with E-state index in [1.807, 2.05) is 48.0 Å². The van der Waals surface area contributed by atoms with E-state index in [2.05, 4.69) is 20.8 Å². The van der Waals surface area contributed by atoms with Gasteiger partial charge in [-0.1, -0.05) is 17.2 Å². The number of benzene rings is 1. The minimum absolute atomic E-state index is 0.0678. The highest BCUT2D eigenvalue weighted by molar-refractivity contribution is 7.98. The van der Waals surface area contributed by atoms with Gasteiger partial charge in [0.05, 0.1) is 6.54 Å². The third-order valence-electron chi connectivity index (χ3n) is 2.97. The zero-order chi connectivity index (χ0) is 16.1. The summed E-state index contributed by atoms with van der Waals surface area (Å²) in [7, 11) is 0. The van der Waals surface area contributed by atoms with Crippen LogP contribution in [0.3, 0.4) is 0 Å². The summed E-state index contributed by atoms with van der Waals surface area (Å²) in [6.45, 7) is 0.459. The van der Waals surface area contributed by atoms with E-state index in [9.17, 15) is 4.79 Å². The number of nitrogens with one attached hydrogen (secondary N) is 2. The first-order valence-corrected chi connectivity index (χ1v) is 8.90. The summed E-state index contributed by atoms with van der Waals surface area (Å²) in [4.78, 5) is 14.0. The highest BCUT2D eigenvalue weighted by Gasteiger charge is 2.11. The normalized spacial score (nSPS) is 10.5. The Kier molecular flexibility index (Phi) is 4.94. The fourth-order valence-corrected chi connectivity index (χ4v) is 2.97. The lowest BCUT2D eigenvalue weighted by molar-refractivity contribution is 0.251. The number of hydrogen-bond acceptors (Lipinski definition) is 6. The van der Waals surface area contributed by atoms with Crippen LogP contribution in [-0.2, 0) is 6.54 Å². The number of carbonyl (C=O) groups excluding carboxylic acids is 1. The Morgan fingerprint density at radius 2 is 2.22 bits per heavy atom. The van der Waals surface area contributed by atoms with Crippen LogP contribution in [-0.4, -0.2) is 22.5 Å². The molecule has 1 aromatic carbocycles. The summed E-state index contributed by atoms with van der Waals surface area (Å²) in [6, 6.07) is 11.3. The first kappa shape index (κ1) is 15.6. The van der Waals surface area contributed by atoms with E-state index < -0.39 is 0 Å². The standard InChI is InChI=1S/C15H14N4O2S2/c1-22-11-5-2-4-10(8-11)13-18-19-15(21-13)17-14(20)16-9-12-6-3-7-23-12/h2-8H,9H2,1H3,(H2,16,17,19,20). The van der Waals surface area contributed by atoms with Crippen molar-refractivity contribution in [2.24, 2.45) is 0 Å². The van der Waals surface area contributed by atoms with Gasteiger partial charge in [0, 0.05) is 15.3 Å². The van der Waals surface area contributed by atoms with E-state index in [0.717, 1.165) is 15.3 Å². The van der Waals surface area contributed by atoms with Crippen molar-refractivity contribution < 1.29 is 9.21 Å². The maximum absolute atomic E-state index is 11.8. The van der Waals surface area contributed by atoms with Crippen molar-refractivity contribution >= 4 is 35.1 Å². The second kappa shape index (κ2) is 7.30. The number of hydrogen-bond donors (Lipinski definition) is 2. The Morgan fingerprint density at radius 3 is 3.00 bits per heavy atom. The summed E-state index contributed by atoms with van der Waals surface area (Å²) < 4.78 is 5.48. The lowest BCUT2D eigenvalue weighted by Gasteiger charge is -2.02. The zero-order valence-corrected chi connectivity index (χ0v) is 13.9. The van der Waals surface area contributed by atoms with Crippen LogP contribution in [0.25, 0.3) is 11.5 Å². The van der Waals surface area contributed by atoms with Gasteiger partial charge in [0.2, 0.25) is 5.89 Å². The molecule has 0 spiro atoms. The van der Waals surface area contributed by atoms with E-state index in [-0.39, 0.29) is 12.0 Å². The number of thioether (sulfide) groups is 1. The fraction of sp³-hybridized carbons (Fsp3) is 0.133. The molecule has 3 aromatic rings. The molecule has 0 fully saturated rings. The molecule has 0 aliphatic heterocycles. The van der Waals surface area contributed by atoms with E-state index in [1.165, 1.54) is 0 Å². The SMILES string of the molecule is CSc1cccc(-c2nnc(NC(=O)NCc3cccs3)o2)c1. The first-order valence-electron chi connectivity index (χ1n) is 6.80. The maximum atomic E-state index is 11.8. The Hall–Kier alpha value is -2.32. The lowest BCUT2D eigenvalue weighted by Crippen LogP contribution is -2.27. The first-order chi connectivity index (χ1) is 11.2. The summed E-state index contributed by atoms with van der Waals surface area (Å²) in [5.74, 6) is 0.370. The van der Waals surface area contributed by atoms with Crippen LogP contribution in [0.1, 0.15) is 4.88 Å². The molecule has 0 saturated carbocycles. The number of aromatic nitrogens is 2. The predicted molar refractivity (Wildman–Crippen MR) is 91.7 cm³/mol. The highest BCUT2D eigenvalue weighted by Crippen LogP contribution is 2.24. The second-order valence-electron chi connectivity index (χ2n) is 4.53. The summed E-state index contributed by atoms with van der Waals surface area (Å²) >= 11 is 3.21. The van der Waals surface area contributed by atoms with E-state index in [4.69, 9.17) is 4.42 Å². The molecular weight excluding hydrogens is 332 g/mol. The van der Waals surface area contributed by atoms with Gasteiger partial charge in [0.25, 0.3) is 0 Å². The Labute approximate surface area is 141 Å². The van der Waals surface area contributed by atoms with Crippen molar-refractivity contribution in [2.45, 2.75) is 11.4 Å². The monoisotopic (exact) mass is 346 g/mol. The van der Waals surface area contributed by atoms with Gasteiger partial charge < -0.3 is 9.73 Å². The van der Waals surface area contributed by atoms with Crippen LogP contribution in [0.15, 0.2) is 51.1 Å². The molecule has 0 saturated heterocycles. The third-order valence-corrected chi connectivity index (χ3v) is 4.57. The molecule has 2 aromatic heterocycles. The molecule has 2 N–H and O–H groups in total. The average molecular weight is 346 g/mol. The number of amides is 2. The van der Waals surface area contributed by atoms with Gasteiger partial charge in [-0.25, -0.2) is 4.79 Å². The number of anilines is 1. The topological polar surface area (TPSA) is 80.0 Å². The lowest BCUT2D eigenvalue weighted by atomic mass is 10.2. The number of rotatable bonds is 5. The molecule has 0 aliphatic carbocycles. The molecule has 6 nitrogen and oxygen atoms in total. The molecule has 0 radical (unpaired) electrons. The predicted octanol–water partition coefficient (Wildman–Crippen LogP) is 3.84. The third kappa shape index (κ3) is 4.11. The Bertz CT molecular complexity index is 786. The van der Waals surface area contributed by atoms with Crippen LogP contribution < -0.4 is 10.6 Å². The van der Waals surface area contributed by atoms with Crippen molar-refractivity contribution in [3.05, 3.63) is 46.7 Å². The summed E-state index contributed by atoms with van der Waals surface area (Å²) in [6.07, 6.45) is 2.00. The van der Waals surface area contributed by atoms with Crippen LogP contribution in [0.2, 0.25) is 0 Å². The molecule has 0 atom stereocenters. The van der Waals surface area contributed by atoms with Crippen LogP contribution in [0.5, 0.6) is 0 Å².